The quantitative estimate of drug-likeness (QED) is 0.562. The summed E-state index contributed by atoms with van der Waals surface area (Å²) in [6.45, 7) is 1.97. The Morgan fingerprint density at radius 3 is 2.88 bits per heavy atom. The summed E-state index contributed by atoms with van der Waals surface area (Å²) < 4.78 is 9.20. The maximum absolute atomic E-state index is 11.4. The number of ether oxygens (including phenoxy) is 1. The van der Waals surface area contributed by atoms with Gasteiger partial charge in [0.2, 0.25) is 17.5 Å². The second-order valence-electron chi connectivity index (χ2n) is 3.23. The summed E-state index contributed by atoms with van der Waals surface area (Å²) in [4.78, 5) is 22.7. The van der Waals surface area contributed by atoms with Gasteiger partial charge >= 0.3 is 5.97 Å². The van der Waals surface area contributed by atoms with E-state index in [4.69, 9.17) is 4.74 Å². The van der Waals surface area contributed by atoms with Crippen molar-refractivity contribution in [1.82, 2.24) is 10.3 Å². The molecule has 0 atom stereocenters. The fourth-order valence-electron chi connectivity index (χ4n) is 1.31. The summed E-state index contributed by atoms with van der Waals surface area (Å²) >= 11 is 0. The van der Waals surface area contributed by atoms with E-state index >= 15 is 0 Å². The highest BCUT2D eigenvalue weighted by Crippen LogP contribution is 2.22. The summed E-state index contributed by atoms with van der Waals surface area (Å²) in [6.07, 6.45) is 1.21. The number of rotatable bonds is 2. The van der Waals surface area contributed by atoms with E-state index in [1.54, 1.807) is 6.92 Å². The first-order valence-electron chi connectivity index (χ1n) is 4.95. The summed E-state index contributed by atoms with van der Waals surface area (Å²) in [6, 6.07) is 0. The maximum atomic E-state index is 11.4. The zero-order chi connectivity index (χ0) is 12.3. The molecule has 1 aliphatic heterocycles. The number of nitrogens with zero attached hydrogens (tertiary/aromatic N) is 2. The standard InChI is InChI=1S/C9H10N4O4/c1-2-16-7(15)4-5-3-6(14)11-9-8(10-5)12-17-13-9/h4H,2-3H2,1H3,(H,10,12)(H,11,13,14)/b5-4+. The normalized spacial score (nSPS) is 16.8. The van der Waals surface area contributed by atoms with Gasteiger partial charge in [0, 0.05) is 11.8 Å². The number of fused-ring (bicyclic) bond motifs is 1. The topological polar surface area (TPSA) is 106 Å². The molecule has 1 aromatic heterocycles. The molecule has 0 aliphatic carbocycles. The number of amides is 1. The predicted molar refractivity (Wildman–Crippen MR) is 55.9 cm³/mol. The van der Waals surface area contributed by atoms with E-state index in [-0.39, 0.29) is 30.6 Å². The van der Waals surface area contributed by atoms with Crippen LogP contribution in [0, 0.1) is 0 Å². The Kier molecular flexibility index (Phi) is 3.03. The molecule has 2 heterocycles. The summed E-state index contributed by atoms with van der Waals surface area (Å²) in [5.74, 6) is -0.390. The van der Waals surface area contributed by atoms with Gasteiger partial charge in [-0.05, 0) is 17.2 Å². The molecule has 0 spiro atoms. The number of hydrogen-bond acceptors (Lipinski definition) is 7. The van der Waals surface area contributed by atoms with Crippen LogP contribution in [0.25, 0.3) is 0 Å². The van der Waals surface area contributed by atoms with Crippen molar-refractivity contribution in [3.63, 3.8) is 0 Å². The van der Waals surface area contributed by atoms with Crippen LogP contribution in [0.3, 0.4) is 0 Å². The molecule has 0 saturated heterocycles. The van der Waals surface area contributed by atoms with Gasteiger partial charge in [-0.25, -0.2) is 9.42 Å². The Morgan fingerprint density at radius 1 is 1.47 bits per heavy atom. The van der Waals surface area contributed by atoms with Crippen LogP contribution in [0.15, 0.2) is 16.4 Å². The van der Waals surface area contributed by atoms with Gasteiger partial charge in [-0.3, -0.25) is 4.79 Å². The fraction of sp³-hybridized carbons (Fsp3) is 0.333. The second kappa shape index (κ2) is 4.64. The van der Waals surface area contributed by atoms with Crippen LogP contribution in [-0.4, -0.2) is 28.8 Å². The fourth-order valence-corrected chi connectivity index (χ4v) is 1.31. The Morgan fingerprint density at radius 2 is 2.18 bits per heavy atom. The first-order chi connectivity index (χ1) is 8.19. The van der Waals surface area contributed by atoms with Crippen molar-refractivity contribution in [2.24, 2.45) is 0 Å². The van der Waals surface area contributed by atoms with Crippen LogP contribution in [0.5, 0.6) is 0 Å². The van der Waals surface area contributed by atoms with Crippen molar-refractivity contribution in [2.75, 3.05) is 17.2 Å². The molecular formula is C9H10N4O4. The third-order valence-electron chi connectivity index (χ3n) is 1.95. The number of nitrogens with one attached hydrogen (secondary N) is 2. The number of carbonyl (C=O) groups is 2. The highest BCUT2D eigenvalue weighted by atomic mass is 16.6. The van der Waals surface area contributed by atoms with Gasteiger partial charge in [0.15, 0.2) is 0 Å². The SMILES string of the molecule is CCOC(=O)/C=C1\CC(=O)Nc2nonc2N1. The van der Waals surface area contributed by atoms with Crippen molar-refractivity contribution < 1.29 is 19.0 Å². The number of hydrogen-bond donors (Lipinski definition) is 2. The average Bonchev–Trinajstić information content (AvgIpc) is 2.60. The van der Waals surface area contributed by atoms with Gasteiger partial charge in [0.1, 0.15) is 0 Å². The lowest BCUT2D eigenvalue weighted by Crippen LogP contribution is -2.12. The zero-order valence-corrected chi connectivity index (χ0v) is 9.02. The van der Waals surface area contributed by atoms with E-state index in [1.165, 1.54) is 6.08 Å². The molecule has 8 nitrogen and oxygen atoms in total. The molecule has 0 fully saturated rings. The van der Waals surface area contributed by atoms with E-state index in [1.807, 2.05) is 0 Å². The van der Waals surface area contributed by atoms with Gasteiger partial charge in [-0.15, -0.1) is 0 Å². The van der Waals surface area contributed by atoms with Crippen molar-refractivity contribution in [2.45, 2.75) is 13.3 Å². The molecule has 1 amide bonds. The lowest BCUT2D eigenvalue weighted by Gasteiger charge is -2.03. The molecule has 0 saturated carbocycles. The van der Waals surface area contributed by atoms with Crippen LogP contribution in [-0.2, 0) is 14.3 Å². The van der Waals surface area contributed by atoms with E-state index in [2.05, 4.69) is 25.6 Å². The molecule has 2 N–H and O–H groups in total. The smallest absolute Gasteiger partial charge is 0.332 e. The average molecular weight is 238 g/mol. The number of aromatic nitrogens is 2. The Balaban J connectivity index is 2.20. The van der Waals surface area contributed by atoms with Gasteiger partial charge in [-0.2, -0.15) is 0 Å². The molecule has 0 unspecified atom stereocenters. The molecular weight excluding hydrogens is 228 g/mol. The highest BCUT2D eigenvalue weighted by molar-refractivity contribution is 5.97. The molecule has 0 bridgehead atoms. The minimum absolute atomic E-state index is 0.0108. The minimum atomic E-state index is -0.525. The van der Waals surface area contributed by atoms with E-state index < -0.39 is 5.97 Å². The van der Waals surface area contributed by atoms with Crippen LogP contribution >= 0.6 is 0 Å². The molecule has 0 radical (unpaired) electrons. The van der Waals surface area contributed by atoms with E-state index in [9.17, 15) is 9.59 Å². The van der Waals surface area contributed by atoms with Crippen LogP contribution in [0.1, 0.15) is 13.3 Å². The third-order valence-corrected chi connectivity index (χ3v) is 1.95. The maximum Gasteiger partial charge on any atom is 0.332 e. The summed E-state index contributed by atoms with van der Waals surface area (Å²) in [5.41, 5.74) is 0.371. The Bertz CT molecular complexity index is 479. The Labute approximate surface area is 96.0 Å². The van der Waals surface area contributed by atoms with Gasteiger partial charge < -0.3 is 15.4 Å². The van der Waals surface area contributed by atoms with Crippen molar-refractivity contribution in [3.8, 4) is 0 Å². The van der Waals surface area contributed by atoms with Crippen LogP contribution in [0.4, 0.5) is 11.6 Å². The van der Waals surface area contributed by atoms with Crippen LogP contribution < -0.4 is 10.6 Å². The lowest BCUT2D eigenvalue weighted by molar-refractivity contribution is -0.137. The third kappa shape index (κ3) is 2.60. The summed E-state index contributed by atoms with van der Waals surface area (Å²) in [7, 11) is 0. The zero-order valence-electron chi connectivity index (χ0n) is 9.02. The highest BCUT2D eigenvalue weighted by Gasteiger charge is 2.21. The molecule has 2 rings (SSSR count). The Hall–Kier alpha value is -2.38. The van der Waals surface area contributed by atoms with Crippen molar-refractivity contribution in [1.29, 1.82) is 0 Å². The largest absolute Gasteiger partial charge is 0.463 e. The molecule has 8 heteroatoms. The van der Waals surface area contributed by atoms with Crippen molar-refractivity contribution >= 4 is 23.5 Å². The number of carbonyl (C=O) groups excluding carboxylic acids is 2. The van der Waals surface area contributed by atoms with Gasteiger partial charge in [0.05, 0.1) is 13.0 Å². The molecule has 0 aromatic carbocycles. The monoisotopic (exact) mass is 238 g/mol. The van der Waals surface area contributed by atoms with Crippen molar-refractivity contribution in [3.05, 3.63) is 11.8 Å². The summed E-state index contributed by atoms with van der Waals surface area (Å²) in [5, 5.41) is 12.3. The lowest BCUT2D eigenvalue weighted by atomic mass is 10.3. The first-order valence-corrected chi connectivity index (χ1v) is 4.95. The molecule has 17 heavy (non-hydrogen) atoms. The number of anilines is 2. The number of esters is 1. The van der Waals surface area contributed by atoms with E-state index in [0.717, 1.165) is 0 Å². The van der Waals surface area contributed by atoms with Gasteiger partial charge in [-0.1, -0.05) is 0 Å². The predicted octanol–water partition coefficient (Wildman–Crippen LogP) is 0.271. The van der Waals surface area contributed by atoms with Gasteiger partial charge in [0.25, 0.3) is 0 Å². The van der Waals surface area contributed by atoms with Crippen LogP contribution in [0.2, 0.25) is 0 Å². The molecule has 1 aromatic rings. The molecule has 1 aliphatic rings. The first kappa shape index (κ1) is 11.1. The minimum Gasteiger partial charge on any atom is -0.463 e. The second-order valence-corrected chi connectivity index (χ2v) is 3.23. The molecule has 90 valence electrons. The van der Waals surface area contributed by atoms with E-state index in [0.29, 0.717) is 5.70 Å².